The van der Waals surface area contributed by atoms with Crippen LogP contribution in [0, 0.1) is 0 Å². The van der Waals surface area contributed by atoms with Gasteiger partial charge in [-0.05, 0) is 12.1 Å². The molecule has 0 bridgehead atoms. The molecule has 0 saturated carbocycles. The average molecular weight is 388 g/mol. The van der Waals surface area contributed by atoms with Crippen LogP contribution in [0.4, 0.5) is 0 Å². The first-order valence-electron chi connectivity index (χ1n) is 6.76. The van der Waals surface area contributed by atoms with Crippen LogP contribution in [-0.4, -0.2) is 44.7 Å². The molecule has 0 aliphatic carbocycles. The molecule has 0 atom stereocenters. The first-order chi connectivity index (χ1) is 11.3. The van der Waals surface area contributed by atoms with Gasteiger partial charge in [-0.25, -0.2) is 8.42 Å². The standard InChI is InChI=1S/C15H14ClNO5S2/c1-17(24(20,21)15-8-7-13(16)23-15)9-14(19)22-10-12(18)11-5-3-2-4-6-11/h2-8H,9-10H2,1H3. The van der Waals surface area contributed by atoms with E-state index in [1.807, 2.05) is 0 Å². The number of thiophene rings is 1. The van der Waals surface area contributed by atoms with Gasteiger partial charge in [0.2, 0.25) is 0 Å². The Balaban J connectivity index is 1.91. The minimum absolute atomic E-state index is 0.0307. The van der Waals surface area contributed by atoms with Crippen molar-refractivity contribution in [3.05, 3.63) is 52.4 Å². The third-order valence-electron chi connectivity index (χ3n) is 3.02. The number of rotatable bonds is 7. The third kappa shape index (κ3) is 4.64. The van der Waals surface area contributed by atoms with Gasteiger partial charge in [-0.1, -0.05) is 41.9 Å². The highest BCUT2D eigenvalue weighted by molar-refractivity contribution is 7.91. The number of ether oxygens (including phenoxy) is 1. The lowest BCUT2D eigenvalue weighted by Gasteiger charge is -2.15. The minimum Gasteiger partial charge on any atom is -0.456 e. The summed E-state index contributed by atoms with van der Waals surface area (Å²) in [5.41, 5.74) is 0.416. The van der Waals surface area contributed by atoms with Crippen molar-refractivity contribution >= 4 is 44.7 Å². The minimum atomic E-state index is -3.82. The van der Waals surface area contributed by atoms with Crippen molar-refractivity contribution in [3.63, 3.8) is 0 Å². The summed E-state index contributed by atoms with van der Waals surface area (Å²) in [6.45, 7) is -0.943. The van der Waals surface area contributed by atoms with E-state index in [9.17, 15) is 18.0 Å². The summed E-state index contributed by atoms with van der Waals surface area (Å²) in [6, 6.07) is 11.2. The van der Waals surface area contributed by atoms with Gasteiger partial charge in [-0.15, -0.1) is 11.3 Å². The Kier molecular flexibility index (Phi) is 6.11. The second-order valence-electron chi connectivity index (χ2n) is 4.77. The SMILES string of the molecule is CN(CC(=O)OCC(=O)c1ccccc1)S(=O)(=O)c1ccc(Cl)s1. The molecule has 0 spiro atoms. The summed E-state index contributed by atoms with van der Waals surface area (Å²) in [5.74, 6) is -1.17. The number of esters is 1. The van der Waals surface area contributed by atoms with Gasteiger partial charge in [0.1, 0.15) is 10.8 Å². The Labute approximate surface area is 148 Å². The fourth-order valence-corrected chi connectivity index (χ4v) is 4.56. The first-order valence-corrected chi connectivity index (χ1v) is 9.39. The van der Waals surface area contributed by atoms with Crippen molar-refractivity contribution in [1.82, 2.24) is 4.31 Å². The number of hydrogen-bond acceptors (Lipinski definition) is 6. The largest absolute Gasteiger partial charge is 0.456 e. The molecule has 1 heterocycles. The number of halogens is 1. The van der Waals surface area contributed by atoms with Crippen LogP contribution in [0.2, 0.25) is 4.34 Å². The number of sulfonamides is 1. The van der Waals surface area contributed by atoms with Crippen LogP contribution < -0.4 is 0 Å². The molecule has 9 heteroatoms. The van der Waals surface area contributed by atoms with E-state index in [1.165, 1.54) is 19.2 Å². The number of Topliss-reactive ketones (excluding diaryl/α,β-unsaturated/α-hetero) is 1. The number of hydrogen-bond donors (Lipinski definition) is 0. The van der Waals surface area contributed by atoms with E-state index in [0.717, 1.165) is 15.6 Å². The predicted octanol–water partition coefficient (Wildman–Crippen LogP) is 2.45. The van der Waals surface area contributed by atoms with E-state index >= 15 is 0 Å². The number of benzene rings is 1. The molecule has 0 aliphatic rings. The zero-order valence-corrected chi connectivity index (χ0v) is 15.0. The van der Waals surface area contributed by atoms with Gasteiger partial charge in [-0.2, -0.15) is 4.31 Å². The van der Waals surface area contributed by atoms with Crippen LogP contribution in [0.15, 0.2) is 46.7 Å². The average Bonchev–Trinajstić information content (AvgIpc) is 3.00. The summed E-state index contributed by atoms with van der Waals surface area (Å²) < 4.78 is 30.5. The lowest BCUT2D eigenvalue weighted by atomic mass is 10.1. The Bertz CT molecular complexity index is 833. The zero-order chi connectivity index (χ0) is 17.7. The monoisotopic (exact) mass is 387 g/mol. The molecule has 0 fully saturated rings. The van der Waals surface area contributed by atoms with Crippen LogP contribution in [0.1, 0.15) is 10.4 Å². The second-order valence-corrected chi connectivity index (χ2v) is 8.76. The van der Waals surface area contributed by atoms with E-state index in [2.05, 4.69) is 0 Å². The van der Waals surface area contributed by atoms with Crippen molar-refractivity contribution in [2.24, 2.45) is 0 Å². The fourth-order valence-electron chi connectivity index (χ4n) is 1.76. The fraction of sp³-hybridized carbons (Fsp3) is 0.200. The van der Waals surface area contributed by atoms with E-state index in [0.29, 0.717) is 9.90 Å². The predicted molar refractivity (Wildman–Crippen MR) is 90.9 cm³/mol. The Morgan fingerprint density at radius 2 is 1.83 bits per heavy atom. The summed E-state index contributed by atoms with van der Waals surface area (Å²) in [5, 5.41) is 0. The van der Waals surface area contributed by atoms with E-state index < -0.39 is 29.1 Å². The van der Waals surface area contributed by atoms with Gasteiger partial charge >= 0.3 is 5.97 Å². The molecule has 128 valence electrons. The number of carbonyl (C=O) groups excluding carboxylic acids is 2. The van der Waals surface area contributed by atoms with E-state index in [-0.39, 0.29) is 9.99 Å². The molecule has 0 aliphatic heterocycles. The van der Waals surface area contributed by atoms with Crippen LogP contribution in [0.25, 0.3) is 0 Å². The first kappa shape index (κ1) is 18.6. The Hall–Kier alpha value is -1.74. The lowest BCUT2D eigenvalue weighted by Crippen LogP contribution is -2.33. The number of carbonyl (C=O) groups is 2. The molecule has 0 amide bonds. The summed E-state index contributed by atoms with van der Waals surface area (Å²) in [7, 11) is -2.57. The van der Waals surface area contributed by atoms with E-state index in [4.69, 9.17) is 16.3 Å². The Morgan fingerprint density at radius 3 is 2.42 bits per heavy atom. The molecule has 1 aromatic carbocycles. The molecule has 2 rings (SSSR count). The highest BCUT2D eigenvalue weighted by Gasteiger charge is 2.25. The molecule has 1 aromatic heterocycles. The maximum Gasteiger partial charge on any atom is 0.321 e. The third-order valence-corrected chi connectivity index (χ3v) is 6.53. The molecule has 6 nitrogen and oxygen atoms in total. The van der Waals surface area contributed by atoms with Crippen LogP contribution >= 0.6 is 22.9 Å². The molecule has 2 aromatic rings. The van der Waals surface area contributed by atoms with Gasteiger partial charge in [0.05, 0.1) is 4.34 Å². The highest BCUT2D eigenvalue weighted by atomic mass is 35.5. The molecule has 0 radical (unpaired) electrons. The van der Waals surface area contributed by atoms with Gasteiger partial charge in [0, 0.05) is 12.6 Å². The van der Waals surface area contributed by atoms with Crippen molar-refractivity contribution in [3.8, 4) is 0 Å². The molecule has 0 saturated heterocycles. The topological polar surface area (TPSA) is 80.8 Å². The van der Waals surface area contributed by atoms with Crippen molar-refractivity contribution < 1.29 is 22.7 Å². The van der Waals surface area contributed by atoms with Crippen molar-refractivity contribution in [2.75, 3.05) is 20.2 Å². The van der Waals surface area contributed by atoms with Crippen LogP contribution in [0.3, 0.4) is 0 Å². The maximum atomic E-state index is 12.2. The number of likely N-dealkylation sites (N-methyl/N-ethyl adjacent to an activating group) is 1. The summed E-state index contributed by atoms with van der Waals surface area (Å²) >= 11 is 6.62. The van der Waals surface area contributed by atoms with Crippen molar-refractivity contribution in [1.29, 1.82) is 0 Å². The summed E-state index contributed by atoms with van der Waals surface area (Å²) in [6.07, 6.45) is 0. The summed E-state index contributed by atoms with van der Waals surface area (Å²) in [4.78, 5) is 23.6. The zero-order valence-electron chi connectivity index (χ0n) is 12.6. The van der Waals surface area contributed by atoms with Crippen LogP contribution in [0.5, 0.6) is 0 Å². The molecule has 0 unspecified atom stereocenters. The van der Waals surface area contributed by atoms with Gasteiger partial charge in [0.15, 0.2) is 12.4 Å². The highest BCUT2D eigenvalue weighted by Crippen LogP contribution is 2.27. The molecular formula is C15H14ClNO5S2. The van der Waals surface area contributed by atoms with E-state index in [1.54, 1.807) is 30.3 Å². The molecule has 0 N–H and O–H groups in total. The lowest BCUT2D eigenvalue weighted by molar-refractivity contribution is -0.142. The normalized spacial score (nSPS) is 11.5. The van der Waals surface area contributed by atoms with Gasteiger partial charge < -0.3 is 4.74 Å². The van der Waals surface area contributed by atoms with Crippen LogP contribution in [-0.2, 0) is 19.6 Å². The number of ketones is 1. The maximum absolute atomic E-state index is 12.2. The van der Waals surface area contributed by atoms with Gasteiger partial charge in [-0.3, -0.25) is 9.59 Å². The molecule has 24 heavy (non-hydrogen) atoms. The number of nitrogens with zero attached hydrogens (tertiary/aromatic N) is 1. The molecular weight excluding hydrogens is 374 g/mol. The quantitative estimate of drug-likeness (QED) is 0.538. The second kappa shape index (κ2) is 7.89. The Morgan fingerprint density at radius 1 is 1.17 bits per heavy atom. The van der Waals surface area contributed by atoms with Crippen molar-refractivity contribution in [2.45, 2.75) is 4.21 Å². The smallest absolute Gasteiger partial charge is 0.321 e. The van der Waals surface area contributed by atoms with Gasteiger partial charge in [0.25, 0.3) is 10.0 Å².